The normalized spacial score (nSPS) is 34.1. The van der Waals surface area contributed by atoms with E-state index in [-0.39, 0.29) is 0 Å². The van der Waals surface area contributed by atoms with Crippen LogP contribution in [0.3, 0.4) is 0 Å². The smallest absolute Gasteiger partial charge is 0.0594 e. The first-order valence-electron chi connectivity index (χ1n) is 8.59. The minimum Gasteiger partial charge on any atom is -0.377 e. The Kier molecular flexibility index (Phi) is 6.66. The van der Waals surface area contributed by atoms with Crippen LogP contribution in [-0.4, -0.2) is 25.3 Å². The van der Waals surface area contributed by atoms with Crippen molar-refractivity contribution in [1.29, 1.82) is 0 Å². The van der Waals surface area contributed by atoms with Gasteiger partial charge >= 0.3 is 0 Å². The molecule has 0 bridgehead atoms. The van der Waals surface area contributed by atoms with Gasteiger partial charge in [0, 0.05) is 12.6 Å². The zero-order chi connectivity index (χ0) is 13.5. The average molecular weight is 267 g/mol. The van der Waals surface area contributed by atoms with Gasteiger partial charge in [-0.25, -0.2) is 0 Å². The molecule has 2 heteroatoms. The van der Waals surface area contributed by atoms with Crippen molar-refractivity contribution >= 4 is 0 Å². The molecular formula is C17H33NO. The largest absolute Gasteiger partial charge is 0.377 e. The summed E-state index contributed by atoms with van der Waals surface area (Å²) in [5.74, 6) is 1.70. The topological polar surface area (TPSA) is 21.3 Å². The summed E-state index contributed by atoms with van der Waals surface area (Å²) >= 11 is 0. The summed E-state index contributed by atoms with van der Waals surface area (Å²) in [7, 11) is 0. The van der Waals surface area contributed by atoms with Crippen molar-refractivity contribution in [3.8, 4) is 0 Å². The summed E-state index contributed by atoms with van der Waals surface area (Å²) in [5, 5.41) is 3.70. The van der Waals surface area contributed by atoms with Gasteiger partial charge in [0.05, 0.1) is 12.7 Å². The third-order valence-electron chi connectivity index (χ3n) is 4.88. The lowest BCUT2D eigenvalue weighted by Gasteiger charge is -2.31. The first kappa shape index (κ1) is 15.3. The molecule has 0 radical (unpaired) electrons. The highest BCUT2D eigenvalue weighted by atomic mass is 16.5. The number of ether oxygens (including phenoxy) is 1. The van der Waals surface area contributed by atoms with E-state index >= 15 is 0 Å². The van der Waals surface area contributed by atoms with E-state index in [9.17, 15) is 0 Å². The van der Waals surface area contributed by atoms with Gasteiger partial charge in [-0.15, -0.1) is 0 Å². The fourth-order valence-electron chi connectivity index (χ4n) is 3.98. The van der Waals surface area contributed by atoms with Gasteiger partial charge in [0.15, 0.2) is 0 Å². The molecule has 2 unspecified atom stereocenters. The lowest BCUT2D eigenvalue weighted by Crippen LogP contribution is -2.34. The van der Waals surface area contributed by atoms with Gasteiger partial charge in [-0.3, -0.25) is 0 Å². The van der Waals surface area contributed by atoms with Crippen LogP contribution in [-0.2, 0) is 4.74 Å². The van der Waals surface area contributed by atoms with Gasteiger partial charge in [0.25, 0.3) is 0 Å². The molecule has 0 heterocycles. The van der Waals surface area contributed by atoms with Crippen molar-refractivity contribution in [2.24, 2.45) is 11.8 Å². The molecule has 2 saturated carbocycles. The summed E-state index contributed by atoms with van der Waals surface area (Å²) in [6.45, 7) is 6.69. The fraction of sp³-hybridized carbons (Fsp3) is 1.00. The highest BCUT2D eigenvalue weighted by molar-refractivity contribution is 4.75. The molecule has 2 aliphatic carbocycles. The molecule has 19 heavy (non-hydrogen) atoms. The maximum absolute atomic E-state index is 6.08. The number of hydrogen-bond donors (Lipinski definition) is 1. The fourth-order valence-corrected chi connectivity index (χ4v) is 3.98. The third-order valence-corrected chi connectivity index (χ3v) is 4.88. The van der Waals surface area contributed by atoms with Crippen molar-refractivity contribution in [3.05, 3.63) is 0 Å². The van der Waals surface area contributed by atoms with E-state index in [4.69, 9.17) is 4.74 Å². The van der Waals surface area contributed by atoms with Gasteiger partial charge in [0.2, 0.25) is 0 Å². The standard InChI is InChI=1S/C17H33NO/c1-14-11-15(2)13-17(12-14)19-10-9-18-16-7-5-3-4-6-8-16/h14-18H,3-13H2,1-2H3. The zero-order valence-corrected chi connectivity index (χ0v) is 13.0. The summed E-state index contributed by atoms with van der Waals surface area (Å²) in [6, 6.07) is 0.760. The van der Waals surface area contributed by atoms with Gasteiger partial charge in [0.1, 0.15) is 0 Å². The Morgan fingerprint density at radius 1 is 0.895 bits per heavy atom. The van der Waals surface area contributed by atoms with Crippen LogP contribution in [0, 0.1) is 11.8 Å². The maximum atomic E-state index is 6.08. The molecule has 2 fully saturated rings. The summed E-state index contributed by atoms with van der Waals surface area (Å²) in [5.41, 5.74) is 0. The van der Waals surface area contributed by atoms with Gasteiger partial charge in [-0.1, -0.05) is 39.5 Å². The Morgan fingerprint density at radius 2 is 1.53 bits per heavy atom. The molecular weight excluding hydrogens is 234 g/mol. The summed E-state index contributed by atoms with van der Waals surface area (Å²) < 4.78 is 6.08. The second-order valence-corrected chi connectivity index (χ2v) is 7.05. The first-order chi connectivity index (χ1) is 9.24. The maximum Gasteiger partial charge on any atom is 0.0594 e. The Balaban J connectivity index is 1.55. The molecule has 2 rings (SSSR count). The van der Waals surface area contributed by atoms with E-state index in [0.717, 1.165) is 31.0 Å². The third kappa shape index (κ3) is 5.83. The molecule has 112 valence electrons. The number of hydrogen-bond acceptors (Lipinski definition) is 2. The Hall–Kier alpha value is -0.0800. The zero-order valence-electron chi connectivity index (χ0n) is 13.0. The van der Waals surface area contributed by atoms with Crippen LogP contribution < -0.4 is 5.32 Å². The van der Waals surface area contributed by atoms with E-state index in [2.05, 4.69) is 19.2 Å². The quantitative estimate of drug-likeness (QED) is 0.597. The molecule has 0 amide bonds. The predicted octanol–water partition coefficient (Wildman–Crippen LogP) is 4.14. The highest BCUT2D eigenvalue weighted by Gasteiger charge is 2.24. The summed E-state index contributed by atoms with van der Waals surface area (Å²) in [4.78, 5) is 0. The van der Waals surface area contributed by atoms with E-state index < -0.39 is 0 Å². The Labute approximate surface area is 119 Å². The SMILES string of the molecule is CC1CC(C)CC(OCCNC2CCCCCC2)C1. The van der Waals surface area contributed by atoms with Crippen LogP contribution in [0.25, 0.3) is 0 Å². The molecule has 0 spiro atoms. The monoisotopic (exact) mass is 267 g/mol. The van der Waals surface area contributed by atoms with E-state index in [1.807, 2.05) is 0 Å². The van der Waals surface area contributed by atoms with Crippen molar-refractivity contribution < 1.29 is 4.74 Å². The molecule has 0 saturated heterocycles. The molecule has 0 aromatic rings. The van der Waals surface area contributed by atoms with E-state index in [0.29, 0.717) is 6.10 Å². The molecule has 0 aliphatic heterocycles. The Morgan fingerprint density at radius 3 is 2.16 bits per heavy atom. The van der Waals surface area contributed by atoms with Crippen LogP contribution in [0.1, 0.15) is 71.6 Å². The average Bonchev–Trinajstić information content (AvgIpc) is 2.62. The van der Waals surface area contributed by atoms with E-state index in [1.54, 1.807) is 0 Å². The lowest BCUT2D eigenvalue weighted by atomic mass is 9.82. The molecule has 2 atom stereocenters. The van der Waals surface area contributed by atoms with Crippen molar-refractivity contribution in [2.45, 2.75) is 83.8 Å². The van der Waals surface area contributed by atoms with Gasteiger partial charge in [-0.2, -0.15) is 0 Å². The molecule has 2 aliphatic rings. The van der Waals surface area contributed by atoms with Gasteiger partial charge in [-0.05, 0) is 43.9 Å². The van der Waals surface area contributed by atoms with E-state index in [1.165, 1.54) is 57.8 Å². The number of nitrogens with one attached hydrogen (secondary N) is 1. The van der Waals surface area contributed by atoms with Gasteiger partial charge < -0.3 is 10.1 Å². The predicted molar refractivity (Wildman–Crippen MR) is 81.4 cm³/mol. The minimum atomic E-state index is 0.523. The first-order valence-corrected chi connectivity index (χ1v) is 8.59. The molecule has 0 aromatic heterocycles. The Bertz CT molecular complexity index is 225. The van der Waals surface area contributed by atoms with Crippen LogP contribution in [0.4, 0.5) is 0 Å². The molecule has 2 nitrogen and oxygen atoms in total. The van der Waals surface area contributed by atoms with Crippen molar-refractivity contribution in [3.63, 3.8) is 0 Å². The van der Waals surface area contributed by atoms with Crippen molar-refractivity contribution in [1.82, 2.24) is 5.32 Å². The second-order valence-electron chi connectivity index (χ2n) is 7.05. The summed E-state index contributed by atoms with van der Waals surface area (Å²) in [6.07, 6.45) is 12.9. The molecule has 1 N–H and O–H groups in total. The number of rotatable bonds is 5. The van der Waals surface area contributed by atoms with Crippen LogP contribution in [0.15, 0.2) is 0 Å². The minimum absolute atomic E-state index is 0.523. The highest BCUT2D eigenvalue weighted by Crippen LogP contribution is 2.30. The lowest BCUT2D eigenvalue weighted by molar-refractivity contribution is 0.00189. The van der Waals surface area contributed by atoms with Crippen molar-refractivity contribution in [2.75, 3.05) is 13.2 Å². The molecule has 0 aromatic carbocycles. The van der Waals surface area contributed by atoms with Crippen LogP contribution >= 0.6 is 0 Å². The van der Waals surface area contributed by atoms with Crippen LogP contribution in [0.2, 0.25) is 0 Å². The second kappa shape index (κ2) is 8.26. The van der Waals surface area contributed by atoms with Crippen LogP contribution in [0.5, 0.6) is 0 Å².